The van der Waals surface area contributed by atoms with E-state index in [-0.39, 0.29) is 0 Å². The molecule has 0 bridgehead atoms. The van der Waals surface area contributed by atoms with Gasteiger partial charge in [-0.2, -0.15) is 0 Å². The van der Waals surface area contributed by atoms with Crippen molar-refractivity contribution in [2.75, 3.05) is 26.7 Å². The number of pyridine rings is 1. The van der Waals surface area contributed by atoms with Crippen LogP contribution in [0, 0.1) is 6.92 Å². The number of rotatable bonds is 3. The molecule has 1 aromatic rings. The largest absolute Gasteiger partial charge is 0.497 e. The minimum atomic E-state index is 0.372. The summed E-state index contributed by atoms with van der Waals surface area (Å²) in [6.45, 7) is 6.33. The zero-order valence-electron chi connectivity index (χ0n) is 12.6. The lowest BCUT2D eigenvalue weighted by Gasteiger charge is -2.45. The highest BCUT2D eigenvalue weighted by atomic mass is 16.5. The molecule has 2 heterocycles. The van der Waals surface area contributed by atoms with Gasteiger partial charge in [0.05, 0.1) is 12.8 Å². The van der Waals surface area contributed by atoms with Crippen LogP contribution >= 0.6 is 0 Å². The Bertz CT molecular complexity index is 469. The average Bonchev–Trinajstić information content (AvgIpc) is 2.90. The number of piperazine rings is 1. The van der Waals surface area contributed by atoms with E-state index in [9.17, 15) is 0 Å². The molecule has 0 aromatic carbocycles. The number of hydrogen-bond donors (Lipinski definition) is 1. The Balaban J connectivity index is 1.80. The molecule has 3 rings (SSSR count). The molecule has 0 amide bonds. The Morgan fingerprint density at radius 3 is 2.90 bits per heavy atom. The summed E-state index contributed by atoms with van der Waals surface area (Å²) < 4.78 is 5.37. The van der Waals surface area contributed by atoms with Gasteiger partial charge < -0.3 is 10.1 Å². The maximum Gasteiger partial charge on any atom is 0.122 e. The average molecular weight is 275 g/mol. The maximum atomic E-state index is 5.37. The molecule has 1 saturated heterocycles. The first-order valence-electron chi connectivity index (χ1n) is 7.69. The summed E-state index contributed by atoms with van der Waals surface area (Å²) in [5.74, 6) is 0.920. The Labute approximate surface area is 121 Å². The molecular formula is C16H25N3O. The van der Waals surface area contributed by atoms with Crippen LogP contribution in [0.4, 0.5) is 0 Å². The SMILES string of the molecule is COc1cc(C)nc(CN2CCNCC23CCCC3)c1. The molecule has 1 saturated carbocycles. The molecule has 1 aliphatic heterocycles. The minimum absolute atomic E-state index is 0.372. The summed E-state index contributed by atoms with van der Waals surface area (Å²) in [4.78, 5) is 7.34. The highest BCUT2D eigenvalue weighted by molar-refractivity contribution is 5.26. The van der Waals surface area contributed by atoms with E-state index in [0.717, 1.165) is 43.3 Å². The van der Waals surface area contributed by atoms with Crippen molar-refractivity contribution in [1.29, 1.82) is 0 Å². The van der Waals surface area contributed by atoms with Gasteiger partial charge >= 0.3 is 0 Å². The fourth-order valence-corrected chi connectivity index (χ4v) is 3.75. The second kappa shape index (κ2) is 5.70. The van der Waals surface area contributed by atoms with Gasteiger partial charge in [-0.3, -0.25) is 9.88 Å². The van der Waals surface area contributed by atoms with Crippen LogP contribution in [0.5, 0.6) is 5.75 Å². The van der Waals surface area contributed by atoms with E-state index in [2.05, 4.69) is 21.3 Å². The maximum absolute atomic E-state index is 5.37. The Kier molecular flexibility index (Phi) is 3.94. The van der Waals surface area contributed by atoms with Crippen LogP contribution in [-0.2, 0) is 6.54 Å². The predicted octanol–water partition coefficient (Wildman–Crippen LogP) is 2.12. The van der Waals surface area contributed by atoms with Crippen LogP contribution in [0.3, 0.4) is 0 Å². The van der Waals surface area contributed by atoms with Crippen molar-refractivity contribution in [3.63, 3.8) is 0 Å². The quantitative estimate of drug-likeness (QED) is 0.917. The van der Waals surface area contributed by atoms with Crippen molar-refractivity contribution in [2.45, 2.75) is 44.7 Å². The lowest BCUT2D eigenvalue weighted by Crippen LogP contribution is -2.59. The van der Waals surface area contributed by atoms with Crippen LogP contribution in [0.2, 0.25) is 0 Å². The van der Waals surface area contributed by atoms with Gasteiger partial charge in [-0.15, -0.1) is 0 Å². The molecule has 1 aliphatic carbocycles. The number of aromatic nitrogens is 1. The first-order chi connectivity index (χ1) is 9.72. The normalized spacial score (nSPS) is 22.3. The highest BCUT2D eigenvalue weighted by Gasteiger charge is 2.41. The van der Waals surface area contributed by atoms with Gasteiger partial charge in [0.2, 0.25) is 0 Å². The topological polar surface area (TPSA) is 37.4 Å². The van der Waals surface area contributed by atoms with E-state index in [1.54, 1.807) is 7.11 Å². The number of ether oxygens (including phenoxy) is 1. The summed E-state index contributed by atoms with van der Waals surface area (Å²) >= 11 is 0. The number of hydrogen-bond acceptors (Lipinski definition) is 4. The first-order valence-corrected chi connectivity index (χ1v) is 7.69. The van der Waals surface area contributed by atoms with E-state index < -0.39 is 0 Å². The molecule has 0 atom stereocenters. The fraction of sp³-hybridized carbons (Fsp3) is 0.688. The van der Waals surface area contributed by atoms with Crippen molar-refractivity contribution in [2.24, 2.45) is 0 Å². The van der Waals surface area contributed by atoms with Gasteiger partial charge in [0.25, 0.3) is 0 Å². The summed E-state index contributed by atoms with van der Waals surface area (Å²) in [5.41, 5.74) is 2.54. The van der Waals surface area contributed by atoms with Gasteiger partial charge in [0.1, 0.15) is 5.75 Å². The molecule has 2 fully saturated rings. The molecule has 0 radical (unpaired) electrons. The van der Waals surface area contributed by atoms with Gasteiger partial charge in [0, 0.05) is 49.5 Å². The van der Waals surface area contributed by atoms with Crippen LogP contribution in [0.25, 0.3) is 0 Å². The van der Waals surface area contributed by atoms with E-state index >= 15 is 0 Å². The summed E-state index contributed by atoms with van der Waals surface area (Å²) in [7, 11) is 1.72. The van der Waals surface area contributed by atoms with Crippen molar-refractivity contribution in [3.8, 4) is 5.75 Å². The van der Waals surface area contributed by atoms with E-state index in [0.29, 0.717) is 5.54 Å². The summed E-state index contributed by atoms with van der Waals surface area (Å²) in [5, 5.41) is 3.58. The molecule has 2 aliphatic rings. The number of nitrogens with zero attached hydrogens (tertiary/aromatic N) is 2. The summed E-state index contributed by atoms with van der Waals surface area (Å²) in [6, 6.07) is 4.07. The van der Waals surface area contributed by atoms with Crippen molar-refractivity contribution >= 4 is 0 Å². The highest BCUT2D eigenvalue weighted by Crippen LogP contribution is 2.37. The number of methoxy groups -OCH3 is 1. The molecular weight excluding hydrogens is 250 g/mol. The monoisotopic (exact) mass is 275 g/mol. The summed E-state index contributed by atoms with van der Waals surface area (Å²) in [6.07, 6.45) is 5.37. The van der Waals surface area contributed by atoms with Crippen LogP contribution in [0.15, 0.2) is 12.1 Å². The standard InChI is InChI=1S/C16H25N3O/c1-13-9-15(20-2)10-14(18-13)11-19-8-7-17-12-16(19)5-3-4-6-16/h9-10,17H,3-8,11-12H2,1-2H3. The zero-order chi connectivity index (χ0) is 14.0. The molecule has 20 heavy (non-hydrogen) atoms. The third-order valence-corrected chi connectivity index (χ3v) is 4.79. The second-order valence-corrected chi connectivity index (χ2v) is 6.17. The van der Waals surface area contributed by atoms with Crippen molar-refractivity contribution < 1.29 is 4.74 Å². The third kappa shape index (κ3) is 2.67. The van der Waals surface area contributed by atoms with Gasteiger partial charge in [-0.1, -0.05) is 12.8 Å². The Hall–Kier alpha value is -1.13. The van der Waals surface area contributed by atoms with Gasteiger partial charge in [-0.05, 0) is 19.8 Å². The van der Waals surface area contributed by atoms with Gasteiger partial charge in [0.15, 0.2) is 0 Å². The fourth-order valence-electron chi connectivity index (χ4n) is 3.75. The van der Waals surface area contributed by atoms with E-state index in [4.69, 9.17) is 4.74 Å². The van der Waals surface area contributed by atoms with Crippen LogP contribution in [-0.4, -0.2) is 42.2 Å². The molecule has 1 aromatic heterocycles. The molecule has 0 unspecified atom stereocenters. The van der Waals surface area contributed by atoms with Gasteiger partial charge in [-0.25, -0.2) is 0 Å². The van der Waals surface area contributed by atoms with Crippen molar-refractivity contribution in [3.05, 3.63) is 23.5 Å². The smallest absolute Gasteiger partial charge is 0.122 e. The molecule has 4 nitrogen and oxygen atoms in total. The Morgan fingerprint density at radius 1 is 1.35 bits per heavy atom. The van der Waals surface area contributed by atoms with Crippen molar-refractivity contribution in [1.82, 2.24) is 15.2 Å². The van der Waals surface area contributed by atoms with E-state index in [1.807, 2.05) is 13.0 Å². The van der Waals surface area contributed by atoms with Crippen LogP contribution < -0.4 is 10.1 Å². The molecule has 1 N–H and O–H groups in total. The number of nitrogens with one attached hydrogen (secondary N) is 1. The van der Waals surface area contributed by atoms with E-state index in [1.165, 1.54) is 25.7 Å². The molecule has 1 spiro atoms. The number of aryl methyl sites for hydroxylation is 1. The Morgan fingerprint density at radius 2 is 2.15 bits per heavy atom. The molecule has 110 valence electrons. The minimum Gasteiger partial charge on any atom is -0.497 e. The first kappa shape index (κ1) is 13.8. The lowest BCUT2D eigenvalue weighted by atomic mass is 9.92. The zero-order valence-corrected chi connectivity index (χ0v) is 12.6. The third-order valence-electron chi connectivity index (χ3n) is 4.79. The predicted molar refractivity (Wildman–Crippen MR) is 80.0 cm³/mol. The molecule has 4 heteroatoms. The lowest BCUT2D eigenvalue weighted by molar-refractivity contribution is 0.0560. The van der Waals surface area contributed by atoms with Crippen LogP contribution in [0.1, 0.15) is 37.1 Å². The second-order valence-electron chi connectivity index (χ2n) is 6.17.